The van der Waals surface area contributed by atoms with Crippen LogP contribution in [0.25, 0.3) is 11.1 Å². The van der Waals surface area contributed by atoms with Crippen LogP contribution < -0.4 is 4.74 Å². The number of aromatic nitrogens is 2. The van der Waals surface area contributed by atoms with Gasteiger partial charge in [0.1, 0.15) is 5.75 Å². The quantitative estimate of drug-likeness (QED) is 0.471. The van der Waals surface area contributed by atoms with Crippen LogP contribution in [0.1, 0.15) is 26.3 Å². The van der Waals surface area contributed by atoms with Gasteiger partial charge in [0.05, 0.1) is 6.20 Å². The molecule has 1 aliphatic rings. The minimum Gasteiger partial charge on any atom is -0.474 e. The van der Waals surface area contributed by atoms with Gasteiger partial charge in [-0.25, -0.2) is 0 Å². The zero-order valence-electron chi connectivity index (χ0n) is 18.1. The first-order valence-electron chi connectivity index (χ1n) is 9.90. The fourth-order valence-corrected chi connectivity index (χ4v) is 4.51. The Labute approximate surface area is 189 Å². The van der Waals surface area contributed by atoms with E-state index < -0.39 is 41.7 Å². The van der Waals surface area contributed by atoms with Gasteiger partial charge in [0.15, 0.2) is 23.7 Å². The molecular formula is C22H24N2O7S. The average Bonchev–Trinajstić information content (AvgIpc) is 2.71. The van der Waals surface area contributed by atoms with Crippen molar-refractivity contribution in [2.24, 2.45) is 0 Å². The number of ether oxygens (including phenoxy) is 4. The van der Waals surface area contributed by atoms with Gasteiger partial charge in [0.2, 0.25) is 0 Å². The maximum Gasteiger partial charge on any atom is 0.303 e. The van der Waals surface area contributed by atoms with Crippen molar-refractivity contribution in [3.8, 4) is 16.9 Å². The van der Waals surface area contributed by atoms with Gasteiger partial charge in [0, 0.05) is 56.2 Å². The third kappa shape index (κ3) is 6.19. The first-order valence-corrected chi connectivity index (χ1v) is 10.9. The van der Waals surface area contributed by atoms with Gasteiger partial charge in [-0.05, 0) is 24.6 Å². The first kappa shape index (κ1) is 23.5. The van der Waals surface area contributed by atoms with Gasteiger partial charge < -0.3 is 18.9 Å². The van der Waals surface area contributed by atoms with Crippen LogP contribution in [0.5, 0.6) is 5.75 Å². The number of nitrogens with zero attached hydrogens (tertiary/aromatic N) is 2. The monoisotopic (exact) mass is 460 g/mol. The van der Waals surface area contributed by atoms with Crippen LogP contribution in [0.3, 0.4) is 0 Å². The van der Waals surface area contributed by atoms with Crippen molar-refractivity contribution in [2.45, 2.75) is 51.4 Å². The summed E-state index contributed by atoms with van der Waals surface area (Å²) in [5, 5.41) is 0. The highest BCUT2D eigenvalue weighted by Crippen LogP contribution is 2.35. The Balaban J connectivity index is 1.87. The molecule has 1 saturated heterocycles. The number of esters is 3. The van der Waals surface area contributed by atoms with Crippen molar-refractivity contribution in [1.29, 1.82) is 0 Å². The molecule has 0 spiro atoms. The minimum absolute atomic E-state index is 0.287. The van der Waals surface area contributed by atoms with Crippen LogP contribution in [0.15, 0.2) is 36.9 Å². The van der Waals surface area contributed by atoms with E-state index in [1.54, 1.807) is 24.7 Å². The molecule has 1 aliphatic heterocycles. The van der Waals surface area contributed by atoms with Crippen LogP contribution in [0, 0.1) is 6.92 Å². The summed E-state index contributed by atoms with van der Waals surface area (Å²) >= 11 is 1.29. The highest BCUT2D eigenvalue weighted by atomic mass is 32.2. The Morgan fingerprint density at radius 1 is 0.844 bits per heavy atom. The molecule has 170 valence electrons. The number of carbonyl (C=O) groups excluding carboxylic acids is 3. The summed E-state index contributed by atoms with van der Waals surface area (Å²) in [5.74, 6) is -0.980. The molecule has 32 heavy (non-hydrogen) atoms. The lowest BCUT2D eigenvalue weighted by Gasteiger charge is -2.39. The number of aryl methyl sites for hydroxylation is 1. The summed E-state index contributed by atoms with van der Waals surface area (Å²) in [6, 6.07) is 3.78. The van der Waals surface area contributed by atoms with Crippen LogP contribution in [0.2, 0.25) is 0 Å². The fourth-order valence-electron chi connectivity index (χ4n) is 3.30. The lowest BCUT2D eigenvalue weighted by molar-refractivity contribution is -0.186. The van der Waals surface area contributed by atoms with Crippen molar-refractivity contribution in [3.63, 3.8) is 0 Å². The molecule has 2 aromatic rings. The molecule has 1 fully saturated rings. The van der Waals surface area contributed by atoms with Gasteiger partial charge in [0.25, 0.3) is 0 Å². The molecule has 0 unspecified atom stereocenters. The molecule has 0 aliphatic carbocycles. The Bertz CT molecular complexity index is 1000. The van der Waals surface area contributed by atoms with E-state index >= 15 is 0 Å². The summed E-state index contributed by atoms with van der Waals surface area (Å²) in [6.07, 6.45) is 3.93. The van der Waals surface area contributed by atoms with Gasteiger partial charge in [-0.2, -0.15) is 0 Å². The first-order chi connectivity index (χ1) is 15.2. The van der Waals surface area contributed by atoms with E-state index in [0.717, 1.165) is 16.7 Å². The highest BCUT2D eigenvalue weighted by Gasteiger charge is 2.47. The number of carbonyl (C=O) groups is 3. The molecule has 10 heteroatoms. The number of hydrogen-bond acceptors (Lipinski definition) is 10. The molecule has 3 rings (SSSR count). The smallest absolute Gasteiger partial charge is 0.303 e. The van der Waals surface area contributed by atoms with E-state index in [-0.39, 0.29) is 5.75 Å². The molecule has 4 atom stereocenters. The van der Waals surface area contributed by atoms with Crippen molar-refractivity contribution in [1.82, 2.24) is 9.97 Å². The van der Waals surface area contributed by atoms with E-state index in [4.69, 9.17) is 18.9 Å². The summed E-state index contributed by atoms with van der Waals surface area (Å²) in [4.78, 5) is 43.4. The molecule has 2 aromatic heterocycles. The topological polar surface area (TPSA) is 114 Å². The van der Waals surface area contributed by atoms with Crippen molar-refractivity contribution < 1.29 is 33.3 Å². The van der Waals surface area contributed by atoms with E-state index in [1.165, 1.54) is 38.7 Å². The Hall–Kier alpha value is -3.14. The second-order valence-electron chi connectivity index (χ2n) is 7.28. The summed E-state index contributed by atoms with van der Waals surface area (Å²) < 4.78 is 22.2. The van der Waals surface area contributed by atoms with E-state index in [0.29, 0.717) is 5.75 Å². The maximum absolute atomic E-state index is 11.8. The third-order valence-electron chi connectivity index (χ3n) is 4.48. The largest absolute Gasteiger partial charge is 0.474 e. The fraction of sp³-hybridized carbons (Fsp3) is 0.409. The van der Waals surface area contributed by atoms with Gasteiger partial charge in [-0.3, -0.25) is 24.4 Å². The Morgan fingerprint density at radius 2 is 1.44 bits per heavy atom. The standard InChI is InChI=1S/C22H24N2O7S/c1-12-5-16(8-23-7-12)17-6-18(10-24-9-17)31-22-21(30-15(4)27)20(29-14(3)26)19(11-32-22)28-13(2)25/h5-10,19-22H,11H2,1-4H3/t19-,20+,21-,22+/m1/s1. The van der Waals surface area contributed by atoms with Crippen molar-refractivity contribution in [2.75, 3.05) is 5.75 Å². The van der Waals surface area contributed by atoms with Gasteiger partial charge in [-0.15, -0.1) is 11.8 Å². The lowest BCUT2D eigenvalue weighted by Crippen LogP contribution is -2.55. The third-order valence-corrected chi connectivity index (χ3v) is 5.69. The molecule has 0 N–H and O–H groups in total. The molecule has 0 aromatic carbocycles. The Kier molecular flexibility index (Phi) is 7.68. The van der Waals surface area contributed by atoms with E-state index in [2.05, 4.69) is 9.97 Å². The molecule has 3 heterocycles. The normalized spacial score (nSPS) is 22.5. The second-order valence-corrected chi connectivity index (χ2v) is 8.41. The molecule has 0 saturated carbocycles. The second kappa shape index (κ2) is 10.4. The summed E-state index contributed by atoms with van der Waals surface area (Å²) in [7, 11) is 0. The highest BCUT2D eigenvalue weighted by molar-refractivity contribution is 7.99. The SMILES string of the molecule is CC(=O)O[C@@H]1[C@@H](OC(C)=O)[C@@H](Oc2cncc(-c3cncc(C)c3)c2)SC[C@H]1OC(C)=O. The number of pyridine rings is 2. The van der Waals surface area contributed by atoms with E-state index in [9.17, 15) is 14.4 Å². The van der Waals surface area contributed by atoms with Gasteiger partial charge >= 0.3 is 17.9 Å². The zero-order valence-corrected chi connectivity index (χ0v) is 19.0. The number of thioether (sulfide) groups is 1. The maximum atomic E-state index is 11.8. The zero-order chi connectivity index (χ0) is 23.3. The van der Waals surface area contributed by atoms with Crippen LogP contribution >= 0.6 is 11.8 Å². The lowest BCUT2D eigenvalue weighted by atomic mass is 10.1. The van der Waals surface area contributed by atoms with Crippen LogP contribution in [-0.4, -0.2) is 57.4 Å². The number of rotatable bonds is 6. The van der Waals surface area contributed by atoms with E-state index in [1.807, 2.05) is 13.0 Å². The molecule has 0 bridgehead atoms. The van der Waals surface area contributed by atoms with Crippen molar-refractivity contribution >= 4 is 29.7 Å². The molecule has 9 nitrogen and oxygen atoms in total. The average molecular weight is 461 g/mol. The van der Waals surface area contributed by atoms with Crippen LogP contribution in [-0.2, 0) is 28.6 Å². The number of hydrogen-bond donors (Lipinski definition) is 0. The van der Waals surface area contributed by atoms with Crippen LogP contribution in [0.4, 0.5) is 0 Å². The molecule has 0 amide bonds. The Morgan fingerprint density at radius 3 is 2.06 bits per heavy atom. The van der Waals surface area contributed by atoms with Crippen molar-refractivity contribution in [3.05, 3.63) is 42.5 Å². The summed E-state index contributed by atoms with van der Waals surface area (Å²) in [5.41, 5.74) is 1.97. The predicted octanol–water partition coefficient (Wildman–Crippen LogP) is 2.70. The summed E-state index contributed by atoms with van der Waals surface area (Å²) in [6.45, 7) is 5.68. The minimum atomic E-state index is -1.01. The molecular weight excluding hydrogens is 436 g/mol. The predicted molar refractivity (Wildman–Crippen MR) is 116 cm³/mol. The van der Waals surface area contributed by atoms with Gasteiger partial charge in [-0.1, -0.05) is 0 Å². The molecule has 0 radical (unpaired) electrons.